The Morgan fingerprint density at radius 1 is 0.872 bits per heavy atom. The fraction of sp³-hybridized carbons (Fsp3) is 0.410. The molecule has 4 aromatic carbocycles. The predicted octanol–water partition coefficient (Wildman–Crippen LogP) is 8.26. The van der Waals surface area contributed by atoms with E-state index in [0.29, 0.717) is 30.4 Å². The number of halogens is 3. The maximum atomic E-state index is 16.5. The smallest absolute Gasteiger partial charge is 0.297 e. The van der Waals surface area contributed by atoms with Crippen LogP contribution in [0, 0.1) is 0 Å². The van der Waals surface area contributed by atoms with E-state index in [1.165, 1.54) is 25.0 Å². The minimum atomic E-state index is -3.44. The van der Waals surface area contributed by atoms with Crippen molar-refractivity contribution in [1.29, 1.82) is 0 Å². The largest absolute Gasteiger partial charge is 0.490 e. The summed E-state index contributed by atoms with van der Waals surface area (Å²) in [4.78, 5) is 15.8. The van der Waals surface area contributed by atoms with E-state index in [1.54, 1.807) is 29.2 Å². The quantitative estimate of drug-likeness (QED) is 0.180. The van der Waals surface area contributed by atoms with Gasteiger partial charge in [0.15, 0.2) is 6.04 Å². The summed E-state index contributed by atoms with van der Waals surface area (Å²) < 4.78 is 39.2. The topological polar surface area (TPSA) is 67.6 Å². The van der Waals surface area contributed by atoms with Crippen LogP contribution in [-0.4, -0.2) is 47.6 Å². The number of rotatable bonds is 10. The highest BCUT2D eigenvalue weighted by Crippen LogP contribution is 2.40. The highest BCUT2D eigenvalue weighted by atomic mass is 35.5. The molecule has 3 aliphatic rings. The van der Waals surface area contributed by atoms with Crippen molar-refractivity contribution < 1.29 is 18.3 Å². The summed E-state index contributed by atoms with van der Waals surface area (Å²) in [7, 11) is 0. The lowest BCUT2D eigenvalue weighted by molar-refractivity contribution is -0.150. The molecule has 2 bridgehead atoms. The molecule has 5 nitrogen and oxygen atoms in total. The number of alkyl halides is 2. The number of piperidine rings is 1. The van der Waals surface area contributed by atoms with Gasteiger partial charge in [-0.1, -0.05) is 72.3 Å². The van der Waals surface area contributed by atoms with Crippen molar-refractivity contribution in [1.82, 2.24) is 10.2 Å². The first-order valence-corrected chi connectivity index (χ1v) is 17.4. The van der Waals surface area contributed by atoms with Gasteiger partial charge in [-0.25, -0.2) is 0 Å². The van der Waals surface area contributed by atoms with Crippen LogP contribution in [0.5, 0.6) is 5.75 Å². The molecule has 4 aromatic rings. The molecule has 7 rings (SSSR count). The first kappa shape index (κ1) is 32.0. The number of hydrogen-bond donors (Lipinski definition) is 2. The Labute approximate surface area is 280 Å². The summed E-state index contributed by atoms with van der Waals surface area (Å²) in [6, 6.07) is 23.9. The van der Waals surface area contributed by atoms with Crippen molar-refractivity contribution >= 4 is 28.3 Å². The highest BCUT2D eigenvalue weighted by molar-refractivity contribution is 6.30. The summed E-state index contributed by atoms with van der Waals surface area (Å²) in [6.45, 7) is 0.228. The maximum Gasteiger partial charge on any atom is 0.297 e. The van der Waals surface area contributed by atoms with E-state index >= 15 is 8.78 Å². The zero-order valence-corrected chi connectivity index (χ0v) is 27.3. The maximum absolute atomic E-state index is 16.5. The molecule has 0 radical (unpaired) electrons. The van der Waals surface area contributed by atoms with Crippen molar-refractivity contribution in [2.24, 2.45) is 5.73 Å². The molecule has 2 heterocycles. The third kappa shape index (κ3) is 6.89. The number of nitrogens with one attached hydrogen (secondary N) is 1. The third-order valence-corrected chi connectivity index (χ3v) is 10.6. The van der Waals surface area contributed by atoms with E-state index in [4.69, 9.17) is 22.1 Å². The lowest BCUT2D eigenvalue weighted by Crippen LogP contribution is -2.60. The fourth-order valence-electron chi connectivity index (χ4n) is 7.85. The lowest BCUT2D eigenvalue weighted by atomic mass is 9.93. The minimum Gasteiger partial charge on any atom is -0.490 e. The fourth-order valence-corrected chi connectivity index (χ4v) is 7.98. The summed E-state index contributed by atoms with van der Waals surface area (Å²) in [6.07, 6.45) is 8.37. The van der Waals surface area contributed by atoms with Gasteiger partial charge >= 0.3 is 0 Å². The zero-order chi connectivity index (χ0) is 32.5. The van der Waals surface area contributed by atoms with E-state index < -0.39 is 17.9 Å². The number of hydrogen-bond acceptors (Lipinski definition) is 4. The molecule has 2 aliphatic heterocycles. The van der Waals surface area contributed by atoms with Crippen molar-refractivity contribution in [3.8, 4) is 16.9 Å². The van der Waals surface area contributed by atoms with E-state index in [0.717, 1.165) is 58.9 Å². The number of carbonyl (C=O) groups is 1. The lowest BCUT2D eigenvalue weighted by Gasteiger charge is -2.41. The van der Waals surface area contributed by atoms with Gasteiger partial charge in [0.1, 0.15) is 5.75 Å². The SMILES string of the molecule is NC1CC2CCC(C1)N2C(=O)C(NCCc1ccc2cc(OC3CCCC3)ccc2c1)C(F)(F)c1ccc(-c2ccc(Cl)cc2)cc1. The second-order valence-corrected chi connectivity index (χ2v) is 14.0. The Bertz CT molecular complexity index is 1690. The van der Waals surface area contributed by atoms with Gasteiger partial charge < -0.3 is 20.7 Å². The molecule has 8 heteroatoms. The Balaban J connectivity index is 1.09. The standard InChI is InChI=1S/C39H42ClF2N3O2/c40-31-14-9-27(10-15-31)26-7-12-30(13-8-26)39(41,42)37(38(46)45-33-16-17-34(45)24-32(43)23-33)44-20-19-25-5-6-29-22-36(18-11-28(29)21-25)47-35-3-1-2-4-35/h5-15,18,21-22,32-35,37,44H,1-4,16-17,19-20,23-24,43H2. The monoisotopic (exact) mass is 657 g/mol. The Hall–Kier alpha value is -3.52. The minimum absolute atomic E-state index is 0.00198. The van der Waals surface area contributed by atoms with Gasteiger partial charge in [-0.05, 0) is 110 Å². The molecule has 1 saturated carbocycles. The number of carbonyl (C=O) groups excluding carboxylic acids is 1. The number of ether oxygens (including phenoxy) is 1. The predicted molar refractivity (Wildman–Crippen MR) is 184 cm³/mol. The average Bonchev–Trinajstić information content (AvgIpc) is 3.68. The van der Waals surface area contributed by atoms with E-state index in [2.05, 4.69) is 29.6 Å². The van der Waals surface area contributed by atoms with Crippen molar-refractivity contribution in [3.63, 3.8) is 0 Å². The highest BCUT2D eigenvalue weighted by Gasteiger charge is 2.52. The summed E-state index contributed by atoms with van der Waals surface area (Å²) in [5, 5.41) is 5.79. The second-order valence-electron chi connectivity index (χ2n) is 13.6. The molecule has 3 N–H and O–H groups in total. The van der Waals surface area contributed by atoms with Crippen LogP contribution in [0.3, 0.4) is 0 Å². The summed E-state index contributed by atoms with van der Waals surface area (Å²) >= 11 is 6.03. The number of amides is 1. The normalized spacial score (nSPS) is 22.1. The van der Waals surface area contributed by atoms with Crippen LogP contribution in [-0.2, 0) is 17.1 Å². The van der Waals surface area contributed by atoms with Crippen LogP contribution in [0.1, 0.15) is 62.5 Å². The first-order valence-electron chi connectivity index (χ1n) is 17.0. The average molecular weight is 658 g/mol. The molecule has 0 spiro atoms. The van der Waals surface area contributed by atoms with E-state index in [1.807, 2.05) is 24.3 Å². The van der Waals surface area contributed by atoms with Crippen LogP contribution < -0.4 is 15.8 Å². The molecular weight excluding hydrogens is 616 g/mol. The number of nitrogens with two attached hydrogens (primary N) is 1. The van der Waals surface area contributed by atoms with Gasteiger partial charge in [0.05, 0.1) is 6.10 Å². The second kappa shape index (κ2) is 13.5. The Morgan fingerprint density at radius 3 is 2.17 bits per heavy atom. The molecule has 1 aliphatic carbocycles. The van der Waals surface area contributed by atoms with Crippen LogP contribution in [0.15, 0.2) is 84.9 Å². The van der Waals surface area contributed by atoms with Gasteiger partial charge in [0.2, 0.25) is 5.91 Å². The molecule has 2 saturated heterocycles. The molecule has 47 heavy (non-hydrogen) atoms. The van der Waals surface area contributed by atoms with E-state index in [9.17, 15) is 4.79 Å². The van der Waals surface area contributed by atoms with Gasteiger partial charge in [0.25, 0.3) is 5.92 Å². The molecule has 0 aromatic heterocycles. The molecular formula is C39H42ClF2N3O2. The van der Waals surface area contributed by atoms with Gasteiger partial charge in [-0.2, -0.15) is 8.78 Å². The van der Waals surface area contributed by atoms with Gasteiger partial charge in [0, 0.05) is 35.3 Å². The van der Waals surface area contributed by atoms with Crippen LogP contribution in [0.25, 0.3) is 21.9 Å². The van der Waals surface area contributed by atoms with Crippen LogP contribution in [0.2, 0.25) is 5.02 Å². The zero-order valence-electron chi connectivity index (χ0n) is 26.5. The summed E-state index contributed by atoms with van der Waals surface area (Å²) in [5.41, 5.74) is 8.76. The Kier molecular flexibility index (Phi) is 9.23. The van der Waals surface area contributed by atoms with Gasteiger partial charge in [-0.3, -0.25) is 4.79 Å². The Morgan fingerprint density at radius 2 is 1.49 bits per heavy atom. The van der Waals surface area contributed by atoms with Crippen molar-refractivity contribution in [2.75, 3.05) is 6.54 Å². The van der Waals surface area contributed by atoms with Crippen molar-refractivity contribution in [2.45, 2.75) is 94.0 Å². The first-order chi connectivity index (χ1) is 22.7. The third-order valence-electron chi connectivity index (χ3n) is 10.3. The molecule has 1 amide bonds. The molecule has 246 valence electrons. The number of benzene rings is 4. The molecule has 3 atom stereocenters. The molecule has 3 unspecified atom stereocenters. The number of fused-ring (bicyclic) bond motifs is 3. The van der Waals surface area contributed by atoms with E-state index in [-0.39, 0.29) is 30.2 Å². The van der Waals surface area contributed by atoms with Crippen molar-refractivity contribution in [3.05, 3.63) is 101 Å². The van der Waals surface area contributed by atoms with Crippen LogP contribution in [0.4, 0.5) is 8.78 Å². The molecule has 3 fully saturated rings. The summed E-state index contributed by atoms with van der Waals surface area (Å²) in [5.74, 6) is -3.09. The van der Waals surface area contributed by atoms with Gasteiger partial charge in [-0.15, -0.1) is 0 Å². The number of nitrogens with zero attached hydrogens (tertiary/aromatic N) is 1. The van der Waals surface area contributed by atoms with Crippen LogP contribution >= 0.6 is 11.6 Å².